The van der Waals surface area contributed by atoms with Crippen LogP contribution in [0.3, 0.4) is 0 Å². The summed E-state index contributed by atoms with van der Waals surface area (Å²) in [5.41, 5.74) is 4.51. The molecule has 0 unspecified atom stereocenters. The fourth-order valence-electron chi connectivity index (χ4n) is 2.21. The minimum Gasteiger partial charge on any atom is -0.496 e. The van der Waals surface area contributed by atoms with E-state index < -0.39 is 0 Å². The summed E-state index contributed by atoms with van der Waals surface area (Å²) in [5.74, 6) is 0.901. The van der Waals surface area contributed by atoms with Gasteiger partial charge >= 0.3 is 0 Å². The zero-order chi connectivity index (χ0) is 13.2. The van der Waals surface area contributed by atoms with Crippen LogP contribution < -0.4 is 4.74 Å². The first kappa shape index (κ1) is 12.2. The second kappa shape index (κ2) is 5.06. The lowest BCUT2D eigenvalue weighted by Crippen LogP contribution is -1.91. The summed E-state index contributed by atoms with van der Waals surface area (Å²) >= 11 is 3.55. The third-order valence-electron chi connectivity index (χ3n) is 3.16. The van der Waals surface area contributed by atoms with Gasteiger partial charge in [-0.05, 0) is 23.3 Å². The van der Waals surface area contributed by atoms with Gasteiger partial charge in [0.25, 0.3) is 0 Å². The second-order valence-electron chi connectivity index (χ2n) is 4.45. The molecule has 0 N–H and O–H groups in total. The summed E-state index contributed by atoms with van der Waals surface area (Å²) < 4.78 is 6.61. The summed E-state index contributed by atoms with van der Waals surface area (Å²) in [6, 6.07) is 12.6. The van der Waals surface area contributed by atoms with Crippen LogP contribution in [0, 0.1) is 0 Å². The highest BCUT2D eigenvalue weighted by molar-refractivity contribution is 9.10. The number of halogens is 1. The molecule has 1 nitrogen and oxygen atoms in total. The topological polar surface area (TPSA) is 9.23 Å². The lowest BCUT2D eigenvalue weighted by atomic mass is 10.1. The normalized spacial score (nSPS) is 15.7. The van der Waals surface area contributed by atoms with Crippen LogP contribution in [-0.2, 0) is 0 Å². The molecule has 0 aliphatic heterocycles. The van der Waals surface area contributed by atoms with Crippen LogP contribution in [0.2, 0.25) is 0 Å². The summed E-state index contributed by atoms with van der Waals surface area (Å²) in [6.07, 6.45) is 8.37. The maximum absolute atomic E-state index is 5.55. The summed E-state index contributed by atoms with van der Waals surface area (Å²) in [7, 11) is 1.71. The number of ether oxygens (including phenoxy) is 1. The molecule has 0 heterocycles. The molecule has 0 radical (unpaired) electrons. The first-order chi connectivity index (χ1) is 9.26. The van der Waals surface area contributed by atoms with Crippen LogP contribution in [0.15, 0.2) is 40.9 Å². The summed E-state index contributed by atoms with van der Waals surface area (Å²) in [6.45, 7) is 0. The molecule has 0 saturated heterocycles. The van der Waals surface area contributed by atoms with Crippen LogP contribution in [0.1, 0.15) is 22.3 Å². The van der Waals surface area contributed by atoms with Gasteiger partial charge in [-0.2, -0.15) is 0 Å². The minimum absolute atomic E-state index is 0.901. The highest BCUT2D eigenvalue weighted by atomic mass is 79.9. The molecular weight excluding hydrogens is 300 g/mol. The van der Waals surface area contributed by atoms with Crippen molar-refractivity contribution in [2.24, 2.45) is 0 Å². The third-order valence-corrected chi connectivity index (χ3v) is 3.62. The van der Waals surface area contributed by atoms with E-state index in [1.165, 1.54) is 11.1 Å². The summed E-state index contributed by atoms with van der Waals surface area (Å²) in [5, 5.41) is 0. The van der Waals surface area contributed by atoms with Gasteiger partial charge in [0.2, 0.25) is 0 Å². The average Bonchev–Trinajstić information content (AvgIpc) is 2.45. The lowest BCUT2D eigenvalue weighted by molar-refractivity contribution is 0.413. The van der Waals surface area contributed by atoms with Crippen LogP contribution in [0.5, 0.6) is 5.75 Å². The quantitative estimate of drug-likeness (QED) is 0.606. The van der Waals surface area contributed by atoms with Crippen molar-refractivity contribution in [3.63, 3.8) is 0 Å². The molecule has 0 aromatic heterocycles. The Kier molecular flexibility index (Phi) is 3.26. The Morgan fingerprint density at radius 3 is 1.68 bits per heavy atom. The molecule has 0 fully saturated rings. The van der Waals surface area contributed by atoms with Gasteiger partial charge < -0.3 is 4.74 Å². The van der Waals surface area contributed by atoms with E-state index >= 15 is 0 Å². The molecule has 2 aromatic carbocycles. The zero-order valence-electron chi connectivity index (χ0n) is 10.6. The van der Waals surface area contributed by atoms with Gasteiger partial charge in [0.05, 0.1) is 7.11 Å². The van der Waals surface area contributed by atoms with E-state index in [9.17, 15) is 0 Å². The maximum atomic E-state index is 5.55. The largest absolute Gasteiger partial charge is 0.496 e. The van der Waals surface area contributed by atoms with Crippen LogP contribution in [0.4, 0.5) is 0 Å². The Morgan fingerprint density at radius 2 is 1.26 bits per heavy atom. The van der Waals surface area contributed by atoms with E-state index in [1.54, 1.807) is 7.11 Å². The van der Waals surface area contributed by atoms with Crippen molar-refractivity contribution in [1.82, 2.24) is 0 Å². The predicted octanol–water partition coefficient (Wildman–Crippen LogP) is 5.11. The van der Waals surface area contributed by atoms with Gasteiger partial charge in [0.1, 0.15) is 5.75 Å². The van der Waals surface area contributed by atoms with Crippen molar-refractivity contribution in [2.75, 3.05) is 7.11 Å². The fourth-order valence-corrected chi connectivity index (χ4v) is 2.70. The van der Waals surface area contributed by atoms with E-state index in [1.807, 2.05) is 0 Å². The average molecular weight is 313 g/mol. The van der Waals surface area contributed by atoms with E-state index in [2.05, 4.69) is 76.6 Å². The van der Waals surface area contributed by atoms with Gasteiger partial charge in [-0.25, -0.2) is 0 Å². The van der Waals surface area contributed by atoms with Gasteiger partial charge in [-0.15, -0.1) is 0 Å². The van der Waals surface area contributed by atoms with Crippen molar-refractivity contribution >= 4 is 40.2 Å². The van der Waals surface area contributed by atoms with Crippen molar-refractivity contribution in [1.29, 1.82) is 0 Å². The smallest absolute Gasteiger partial charge is 0.133 e. The number of fused-ring (bicyclic) bond motifs is 2. The van der Waals surface area contributed by atoms with Crippen molar-refractivity contribution in [3.8, 4) is 5.75 Å². The number of benzene rings is 2. The van der Waals surface area contributed by atoms with Crippen LogP contribution in [-0.4, -0.2) is 7.11 Å². The molecule has 2 heteroatoms. The predicted molar refractivity (Wildman–Crippen MR) is 85.0 cm³/mol. The molecule has 0 spiro atoms. The molecule has 19 heavy (non-hydrogen) atoms. The second-order valence-corrected chi connectivity index (χ2v) is 5.37. The molecule has 4 bridgehead atoms. The molecule has 2 aromatic rings. The van der Waals surface area contributed by atoms with Gasteiger partial charge in [-0.3, -0.25) is 0 Å². The van der Waals surface area contributed by atoms with E-state index in [-0.39, 0.29) is 0 Å². The Bertz CT molecular complexity index is 612. The number of hydrogen-bond acceptors (Lipinski definition) is 1. The Hall–Kier alpha value is -1.80. The first-order valence-corrected chi connectivity index (χ1v) is 6.89. The van der Waals surface area contributed by atoms with Crippen molar-refractivity contribution in [3.05, 3.63) is 63.1 Å². The highest BCUT2D eigenvalue weighted by Crippen LogP contribution is 2.32. The van der Waals surface area contributed by atoms with Gasteiger partial charge in [0.15, 0.2) is 0 Å². The lowest BCUT2D eigenvalue weighted by Gasteiger charge is -2.09. The summed E-state index contributed by atoms with van der Waals surface area (Å²) in [4.78, 5) is 0. The third kappa shape index (κ3) is 2.49. The van der Waals surface area contributed by atoms with E-state index in [0.29, 0.717) is 0 Å². The Labute approximate surface area is 121 Å². The SMILES string of the molecule is COc1c2cc(Br)cc1/C=C\c1ccc(cc1)/C=C\2. The standard InChI is InChI=1S/C17H13BrO/c1-19-17-14-8-6-12-2-3-13(5-4-12)7-9-15(17)11-16(18)10-14/h2-11H,1H3/b8-6-,9-7-. The van der Waals surface area contributed by atoms with E-state index in [4.69, 9.17) is 4.74 Å². The van der Waals surface area contributed by atoms with Gasteiger partial charge in [-0.1, -0.05) is 64.5 Å². The molecule has 0 atom stereocenters. The molecule has 0 amide bonds. The van der Waals surface area contributed by atoms with Crippen molar-refractivity contribution < 1.29 is 4.74 Å². The molecule has 0 saturated carbocycles. The first-order valence-electron chi connectivity index (χ1n) is 6.10. The van der Waals surface area contributed by atoms with Crippen molar-refractivity contribution in [2.45, 2.75) is 0 Å². The van der Waals surface area contributed by atoms with E-state index in [0.717, 1.165) is 21.3 Å². The molecule has 2 aliphatic rings. The van der Waals surface area contributed by atoms with Gasteiger partial charge in [0, 0.05) is 15.6 Å². The highest BCUT2D eigenvalue weighted by Gasteiger charge is 2.08. The Balaban J connectivity index is 2.28. The van der Waals surface area contributed by atoms with Crippen LogP contribution >= 0.6 is 15.9 Å². The molecule has 94 valence electrons. The molecule has 4 rings (SSSR count). The van der Waals surface area contributed by atoms with Crippen LogP contribution in [0.25, 0.3) is 24.3 Å². The number of rotatable bonds is 1. The zero-order valence-corrected chi connectivity index (χ0v) is 12.1. The number of methoxy groups -OCH3 is 1. The number of hydrogen-bond donors (Lipinski definition) is 0. The Morgan fingerprint density at radius 1 is 0.789 bits per heavy atom. The molecule has 2 aliphatic carbocycles. The fraction of sp³-hybridized carbons (Fsp3) is 0.0588. The maximum Gasteiger partial charge on any atom is 0.133 e. The monoisotopic (exact) mass is 312 g/mol. The minimum atomic E-state index is 0.901. The molecular formula is C17H13BrO.